The first-order chi connectivity index (χ1) is 6.72. The van der Waals surface area contributed by atoms with E-state index < -0.39 is 0 Å². The maximum Gasteiger partial charge on any atom is 0.170 e. The van der Waals surface area contributed by atoms with Crippen molar-refractivity contribution in [2.75, 3.05) is 0 Å². The number of rotatable bonds is 1. The average molecular weight is 252 g/mol. The van der Waals surface area contributed by atoms with Crippen molar-refractivity contribution in [2.45, 2.75) is 19.8 Å². The molecule has 1 heterocycles. The Morgan fingerprint density at radius 3 is 3.00 bits per heavy atom. The number of carbonyl (C=O) groups is 1. The molecule has 1 aliphatic heterocycles. The molecule has 2 rings (SSSR count). The van der Waals surface area contributed by atoms with E-state index in [9.17, 15) is 4.79 Å². The van der Waals surface area contributed by atoms with Gasteiger partial charge in [-0.05, 0) is 24.1 Å². The molecule has 2 nitrogen and oxygen atoms in total. The molecule has 0 unspecified atom stereocenters. The molecular formula is C11H10BrNO. The molecule has 0 fully saturated rings. The third kappa shape index (κ3) is 1.52. The minimum atomic E-state index is 0.158. The van der Waals surface area contributed by atoms with Gasteiger partial charge >= 0.3 is 0 Å². The molecule has 0 bridgehead atoms. The summed E-state index contributed by atoms with van der Waals surface area (Å²) in [6.07, 6.45) is 3.01. The molecule has 14 heavy (non-hydrogen) atoms. The van der Waals surface area contributed by atoms with Gasteiger partial charge in [0.15, 0.2) is 5.78 Å². The molecule has 0 amide bonds. The van der Waals surface area contributed by atoms with Crippen molar-refractivity contribution in [3.8, 4) is 0 Å². The molecule has 0 saturated heterocycles. The van der Waals surface area contributed by atoms with E-state index in [0.717, 1.165) is 27.7 Å². The van der Waals surface area contributed by atoms with Gasteiger partial charge in [-0.15, -0.1) is 0 Å². The third-order valence-corrected chi connectivity index (χ3v) is 2.79. The van der Waals surface area contributed by atoms with Crippen LogP contribution in [0.15, 0.2) is 21.6 Å². The molecule has 72 valence electrons. The van der Waals surface area contributed by atoms with Crippen LogP contribution in [0, 0.1) is 0 Å². The van der Waals surface area contributed by atoms with Crippen LogP contribution < -0.4 is 0 Å². The highest BCUT2D eigenvalue weighted by molar-refractivity contribution is 9.10. The number of hydrogen-bond acceptors (Lipinski definition) is 2. The minimum absolute atomic E-state index is 0.158. The van der Waals surface area contributed by atoms with E-state index in [-0.39, 0.29) is 5.78 Å². The van der Waals surface area contributed by atoms with Gasteiger partial charge in [0, 0.05) is 22.7 Å². The maximum atomic E-state index is 11.6. The summed E-state index contributed by atoms with van der Waals surface area (Å²) in [5, 5.41) is 0. The number of ketones is 1. The smallest absolute Gasteiger partial charge is 0.170 e. The summed E-state index contributed by atoms with van der Waals surface area (Å²) in [6, 6.07) is 3.88. The zero-order valence-electron chi connectivity index (χ0n) is 7.88. The zero-order chi connectivity index (χ0) is 10.1. The molecule has 1 aromatic rings. The van der Waals surface area contributed by atoms with Crippen LogP contribution in [0.2, 0.25) is 0 Å². The summed E-state index contributed by atoms with van der Waals surface area (Å²) >= 11 is 3.41. The zero-order valence-corrected chi connectivity index (χ0v) is 9.47. The van der Waals surface area contributed by atoms with Crippen molar-refractivity contribution in [2.24, 2.45) is 4.99 Å². The van der Waals surface area contributed by atoms with Crippen LogP contribution in [0.5, 0.6) is 0 Å². The number of benzene rings is 1. The lowest BCUT2D eigenvalue weighted by atomic mass is 9.99. The first-order valence-electron chi connectivity index (χ1n) is 4.60. The van der Waals surface area contributed by atoms with Gasteiger partial charge in [-0.3, -0.25) is 9.79 Å². The van der Waals surface area contributed by atoms with Crippen molar-refractivity contribution in [3.05, 3.63) is 27.7 Å². The molecule has 1 aliphatic rings. The Bertz CT molecular complexity index is 424. The van der Waals surface area contributed by atoms with Gasteiger partial charge in [0.2, 0.25) is 0 Å². The number of hydrogen-bond donors (Lipinski definition) is 0. The Hall–Kier alpha value is -0.960. The van der Waals surface area contributed by atoms with Crippen molar-refractivity contribution in [3.63, 3.8) is 0 Å². The number of aliphatic imine (C=N–C) groups is 1. The predicted octanol–water partition coefficient (Wildman–Crippen LogP) is 3.30. The van der Waals surface area contributed by atoms with Gasteiger partial charge < -0.3 is 0 Å². The summed E-state index contributed by atoms with van der Waals surface area (Å²) < 4.78 is 0.957. The van der Waals surface area contributed by atoms with E-state index >= 15 is 0 Å². The highest BCUT2D eigenvalue weighted by Gasteiger charge is 2.17. The Balaban J connectivity index is 2.68. The summed E-state index contributed by atoms with van der Waals surface area (Å²) in [7, 11) is 0. The number of Topliss-reactive ketones (excluding diaryl/α,β-unsaturated/α-hetero) is 1. The maximum absolute atomic E-state index is 11.6. The molecule has 0 radical (unpaired) electrons. The molecule has 0 spiro atoms. The quantitative estimate of drug-likeness (QED) is 0.753. The average Bonchev–Trinajstić information content (AvgIpc) is 2.18. The van der Waals surface area contributed by atoms with Gasteiger partial charge in [0.1, 0.15) is 0 Å². The SMILES string of the molecule is CCc1cc(Br)cc2c1N=CCC2=O. The fraction of sp³-hybridized carbons (Fsp3) is 0.273. The standard InChI is InChI=1S/C11H10BrNO/c1-2-7-5-8(12)6-9-10(14)3-4-13-11(7)9/h4-6H,2-3H2,1H3. The first kappa shape index (κ1) is 9.59. The summed E-state index contributed by atoms with van der Waals surface area (Å²) in [5.41, 5.74) is 2.73. The van der Waals surface area contributed by atoms with E-state index in [0.29, 0.717) is 6.42 Å². The molecule has 0 N–H and O–H groups in total. The van der Waals surface area contributed by atoms with Crippen LogP contribution in [-0.2, 0) is 6.42 Å². The number of halogens is 1. The van der Waals surface area contributed by atoms with Crippen LogP contribution in [0.1, 0.15) is 29.3 Å². The molecule has 0 saturated carbocycles. The van der Waals surface area contributed by atoms with Crippen LogP contribution in [0.25, 0.3) is 0 Å². The van der Waals surface area contributed by atoms with Crippen LogP contribution in [-0.4, -0.2) is 12.0 Å². The van der Waals surface area contributed by atoms with E-state index in [2.05, 4.69) is 27.8 Å². The van der Waals surface area contributed by atoms with E-state index in [4.69, 9.17) is 0 Å². The van der Waals surface area contributed by atoms with Gasteiger partial charge in [-0.1, -0.05) is 22.9 Å². The van der Waals surface area contributed by atoms with E-state index in [1.54, 1.807) is 6.21 Å². The van der Waals surface area contributed by atoms with Crippen molar-refractivity contribution in [1.29, 1.82) is 0 Å². The molecular weight excluding hydrogens is 242 g/mol. The Morgan fingerprint density at radius 1 is 1.50 bits per heavy atom. The van der Waals surface area contributed by atoms with Crippen molar-refractivity contribution < 1.29 is 4.79 Å². The number of nitrogens with zero attached hydrogens (tertiary/aromatic N) is 1. The van der Waals surface area contributed by atoms with Gasteiger partial charge in [0.25, 0.3) is 0 Å². The van der Waals surface area contributed by atoms with Crippen LogP contribution in [0.3, 0.4) is 0 Å². The molecule has 0 atom stereocenters. The van der Waals surface area contributed by atoms with Crippen molar-refractivity contribution in [1.82, 2.24) is 0 Å². The van der Waals surface area contributed by atoms with E-state index in [1.807, 2.05) is 12.1 Å². The second-order valence-corrected chi connectivity index (χ2v) is 4.17. The molecule has 0 aromatic heterocycles. The molecule has 1 aromatic carbocycles. The van der Waals surface area contributed by atoms with Gasteiger partial charge in [0.05, 0.1) is 5.69 Å². The summed E-state index contributed by atoms with van der Waals surface area (Å²) in [4.78, 5) is 15.9. The topological polar surface area (TPSA) is 29.4 Å². The second-order valence-electron chi connectivity index (χ2n) is 3.25. The Kier molecular flexibility index (Phi) is 2.50. The Labute approximate surface area is 91.2 Å². The third-order valence-electron chi connectivity index (χ3n) is 2.33. The lowest BCUT2D eigenvalue weighted by Crippen LogP contribution is -2.06. The highest BCUT2D eigenvalue weighted by atomic mass is 79.9. The van der Waals surface area contributed by atoms with Gasteiger partial charge in [-0.25, -0.2) is 0 Å². The summed E-state index contributed by atoms with van der Waals surface area (Å²) in [6.45, 7) is 2.07. The van der Waals surface area contributed by atoms with Crippen LogP contribution in [0.4, 0.5) is 5.69 Å². The fourth-order valence-corrected chi connectivity index (χ4v) is 2.13. The lowest BCUT2D eigenvalue weighted by molar-refractivity contribution is 0.100. The molecule has 3 heteroatoms. The highest BCUT2D eigenvalue weighted by Crippen LogP contribution is 2.31. The Morgan fingerprint density at radius 2 is 2.29 bits per heavy atom. The first-order valence-corrected chi connectivity index (χ1v) is 5.40. The van der Waals surface area contributed by atoms with E-state index in [1.165, 1.54) is 0 Å². The van der Waals surface area contributed by atoms with Crippen molar-refractivity contribution >= 4 is 33.6 Å². The molecule has 0 aliphatic carbocycles. The lowest BCUT2D eigenvalue weighted by Gasteiger charge is -2.12. The minimum Gasteiger partial charge on any atom is -0.294 e. The number of fused-ring (bicyclic) bond motifs is 1. The van der Waals surface area contributed by atoms with Gasteiger partial charge in [-0.2, -0.15) is 0 Å². The second kappa shape index (κ2) is 3.65. The monoisotopic (exact) mass is 251 g/mol. The fourth-order valence-electron chi connectivity index (χ4n) is 1.62. The largest absolute Gasteiger partial charge is 0.294 e. The summed E-state index contributed by atoms with van der Waals surface area (Å²) in [5.74, 6) is 0.158. The number of aryl methyl sites for hydroxylation is 1. The normalized spacial score (nSPS) is 14.3. The predicted molar refractivity (Wildman–Crippen MR) is 60.6 cm³/mol. The van der Waals surface area contributed by atoms with Crippen LogP contribution >= 0.6 is 15.9 Å². The number of carbonyl (C=O) groups excluding carboxylic acids is 1.